The van der Waals surface area contributed by atoms with Crippen LogP contribution in [0.1, 0.15) is 45.2 Å². The fourth-order valence-corrected chi connectivity index (χ4v) is 1.96. The van der Waals surface area contributed by atoms with Gasteiger partial charge in [-0.1, -0.05) is 32.0 Å². The minimum atomic E-state index is 0.364. The molecule has 2 nitrogen and oxygen atoms in total. The number of nitrogens with one attached hydrogen (secondary N) is 1. The van der Waals surface area contributed by atoms with Crippen molar-refractivity contribution in [1.29, 1.82) is 0 Å². The Morgan fingerprint density at radius 1 is 1.28 bits per heavy atom. The summed E-state index contributed by atoms with van der Waals surface area (Å²) in [5.74, 6) is 6.87. The third kappa shape index (κ3) is 4.43. The predicted octanol–water partition coefficient (Wildman–Crippen LogP) is 3.54. The van der Waals surface area contributed by atoms with Gasteiger partial charge in [0.05, 0.1) is 6.61 Å². The minimum Gasteiger partial charge on any atom is -0.492 e. The molecule has 0 saturated carbocycles. The Hall–Kier alpha value is -1.46. The molecule has 0 bridgehead atoms. The van der Waals surface area contributed by atoms with Crippen LogP contribution in [0.2, 0.25) is 0 Å². The Kier molecular flexibility index (Phi) is 6.98. The average molecular weight is 245 g/mol. The first kappa shape index (κ1) is 14.6. The first-order chi connectivity index (χ1) is 8.83. The van der Waals surface area contributed by atoms with E-state index in [0.29, 0.717) is 12.6 Å². The molecule has 18 heavy (non-hydrogen) atoms. The van der Waals surface area contributed by atoms with E-state index in [4.69, 9.17) is 4.74 Å². The largest absolute Gasteiger partial charge is 0.492 e. The van der Waals surface area contributed by atoms with Gasteiger partial charge in [-0.15, -0.1) is 11.8 Å². The number of benzene rings is 1. The third-order valence-corrected chi connectivity index (χ3v) is 2.81. The van der Waals surface area contributed by atoms with Gasteiger partial charge < -0.3 is 10.1 Å². The summed E-state index contributed by atoms with van der Waals surface area (Å²) in [6.07, 6.45) is 1.84. The van der Waals surface area contributed by atoms with Gasteiger partial charge in [0.15, 0.2) is 0 Å². The SMILES string of the molecule is CC#CCCOc1ccccc1C(CC)NCC. The summed E-state index contributed by atoms with van der Waals surface area (Å²) in [7, 11) is 0. The molecule has 0 fully saturated rings. The van der Waals surface area contributed by atoms with E-state index in [9.17, 15) is 0 Å². The summed E-state index contributed by atoms with van der Waals surface area (Å²) in [4.78, 5) is 0. The molecule has 1 aromatic rings. The van der Waals surface area contributed by atoms with E-state index >= 15 is 0 Å². The lowest BCUT2D eigenvalue weighted by atomic mass is 10.0. The third-order valence-electron chi connectivity index (χ3n) is 2.81. The van der Waals surface area contributed by atoms with E-state index in [1.54, 1.807) is 0 Å². The highest BCUT2D eigenvalue weighted by Gasteiger charge is 2.12. The van der Waals surface area contributed by atoms with Crippen molar-refractivity contribution in [3.8, 4) is 17.6 Å². The Bertz CT molecular complexity index is 403. The van der Waals surface area contributed by atoms with Crippen LogP contribution in [0.3, 0.4) is 0 Å². The summed E-state index contributed by atoms with van der Waals surface area (Å²) in [5, 5.41) is 3.48. The molecule has 0 aromatic heterocycles. The number of rotatable bonds is 7. The van der Waals surface area contributed by atoms with Crippen molar-refractivity contribution in [2.45, 2.75) is 39.7 Å². The summed E-state index contributed by atoms with van der Waals surface area (Å²) in [6, 6.07) is 8.62. The zero-order chi connectivity index (χ0) is 13.2. The fourth-order valence-electron chi connectivity index (χ4n) is 1.96. The molecule has 0 radical (unpaired) electrons. The predicted molar refractivity (Wildman–Crippen MR) is 76.7 cm³/mol. The van der Waals surface area contributed by atoms with E-state index in [2.05, 4.69) is 43.1 Å². The Balaban J connectivity index is 2.73. The molecule has 2 heteroatoms. The standard InChI is InChI=1S/C16H23NO/c1-4-7-10-13-18-16-12-9-8-11-14(16)15(5-2)17-6-3/h8-9,11-12,15,17H,5-6,10,13H2,1-3H3. The molecule has 98 valence electrons. The van der Waals surface area contributed by atoms with Gasteiger partial charge in [-0.25, -0.2) is 0 Å². The van der Waals surface area contributed by atoms with Crippen molar-refractivity contribution in [2.75, 3.05) is 13.2 Å². The van der Waals surface area contributed by atoms with Crippen LogP contribution >= 0.6 is 0 Å². The van der Waals surface area contributed by atoms with Gasteiger partial charge in [0.1, 0.15) is 5.75 Å². The highest BCUT2D eigenvalue weighted by molar-refractivity contribution is 5.36. The van der Waals surface area contributed by atoms with E-state index in [1.807, 2.05) is 19.1 Å². The molecular formula is C16H23NO. The van der Waals surface area contributed by atoms with Crippen molar-refractivity contribution >= 4 is 0 Å². The summed E-state index contributed by atoms with van der Waals surface area (Å²) in [5.41, 5.74) is 1.24. The molecule has 0 aliphatic heterocycles. The van der Waals surface area contributed by atoms with Gasteiger partial charge >= 0.3 is 0 Å². The Morgan fingerprint density at radius 2 is 2.06 bits per heavy atom. The normalized spacial score (nSPS) is 11.5. The smallest absolute Gasteiger partial charge is 0.124 e. The molecule has 1 atom stereocenters. The molecule has 0 spiro atoms. The van der Waals surface area contributed by atoms with Gasteiger partial charge in [-0.3, -0.25) is 0 Å². The second-order valence-corrected chi connectivity index (χ2v) is 4.08. The molecule has 0 amide bonds. The quantitative estimate of drug-likeness (QED) is 0.586. The van der Waals surface area contributed by atoms with Crippen LogP contribution in [-0.2, 0) is 0 Å². The maximum atomic E-state index is 5.83. The number of para-hydroxylation sites is 1. The van der Waals surface area contributed by atoms with Gasteiger partial charge in [-0.2, -0.15) is 0 Å². The lowest BCUT2D eigenvalue weighted by molar-refractivity contribution is 0.318. The molecule has 0 aliphatic rings. The van der Waals surface area contributed by atoms with Gasteiger partial charge in [0.2, 0.25) is 0 Å². The molecule has 1 aromatic carbocycles. The summed E-state index contributed by atoms with van der Waals surface area (Å²) >= 11 is 0. The second-order valence-electron chi connectivity index (χ2n) is 4.08. The van der Waals surface area contributed by atoms with Crippen LogP contribution in [0.4, 0.5) is 0 Å². The zero-order valence-electron chi connectivity index (χ0n) is 11.6. The number of hydrogen-bond donors (Lipinski definition) is 1. The number of hydrogen-bond acceptors (Lipinski definition) is 2. The summed E-state index contributed by atoms with van der Waals surface area (Å²) < 4.78 is 5.83. The van der Waals surface area contributed by atoms with Crippen LogP contribution in [0.15, 0.2) is 24.3 Å². The van der Waals surface area contributed by atoms with E-state index in [1.165, 1.54) is 5.56 Å². The molecule has 0 aliphatic carbocycles. The number of ether oxygens (including phenoxy) is 1. The van der Waals surface area contributed by atoms with Crippen LogP contribution in [0.25, 0.3) is 0 Å². The maximum absolute atomic E-state index is 5.83. The lowest BCUT2D eigenvalue weighted by Gasteiger charge is -2.19. The van der Waals surface area contributed by atoms with Gasteiger partial charge in [0.25, 0.3) is 0 Å². The average Bonchev–Trinajstić information content (AvgIpc) is 2.42. The highest BCUT2D eigenvalue weighted by Crippen LogP contribution is 2.27. The van der Waals surface area contributed by atoms with E-state index in [0.717, 1.165) is 25.1 Å². The monoisotopic (exact) mass is 245 g/mol. The van der Waals surface area contributed by atoms with Gasteiger partial charge in [-0.05, 0) is 26.0 Å². The lowest BCUT2D eigenvalue weighted by Crippen LogP contribution is -2.20. The van der Waals surface area contributed by atoms with E-state index < -0.39 is 0 Å². The van der Waals surface area contributed by atoms with Crippen LogP contribution in [-0.4, -0.2) is 13.2 Å². The van der Waals surface area contributed by atoms with Crippen molar-refractivity contribution < 1.29 is 4.74 Å². The highest BCUT2D eigenvalue weighted by atomic mass is 16.5. The molecule has 0 saturated heterocycles. The molecule has 1 unspecified atom stereocenters. The van der Waals surface area contributed by atoms with Crippen LogP contribution in [0.5, 0.6) is 5.75 Å². The minimum absolute atomic E-state index is 0.364. The van der Waals surface area contributed by atoms with Crippen molar-refractivity contribution in [3.05, 3.63) is 29.8 Å². The van der Waals surface area contributed by atoms with Crippen LogP contribution in [0, 0.1) is 11.8 Å². The van der Waals surface area contributed by atoms with Gasteiger partial charge in [0, 0.05) is 18.0 Å². The first-order valence-corrected chi connectivity index (χ1v) is 6.68. The molecular weight excluding hydrogens is 222 g/mol. The van der Waals surface area contributed by atoms with E-state index in [-0.39, 0.29) is 0 Å². The second kappa shape index (κ2) is 8.60. The molecule has 1 rings (SSSR count). The van der Waals surface area contributed by atoms with Crippen molar-refractivity contribution in [2.24, 2.45) is 0 Å². The first-order valence-electron chi connectivity index (χ1n) is 6.68. The van der Waals surface area contributed by atoms with Crippen LogP contribution < -0.4 is 10.1 Å². The molecule has 0 heterocycles. The summed E-state index contributed by atoms with van der Waals surface area (Å²) in [6.45, 7) is 7.79. The topological polar surface area (TPSA) is 21.3 Å². The Morgan fingerprint density at radius 3 is 2.72 bits per heavy atom. The molecule has 1 N–H and O–H groups in total. The maximum Gasteiger partial charge on any atom is 0.124 e. The van der Waals surface area contributed by atoms with Crippen molar-refractivity contribution in [3.63, 3.8) is 0 Å². The zero-order valence-corrected chi connectivity index (χ0v) is 11.6. The Labute approximate surface area is 111 Å². The van der Waals surface area contributed by atoms with Crippen molar-refractivity contribution in [1.82, 2.24) is 5.32 Å². The fraction of sp³-hybridized carbons (Fsp3) is 0.500.